The highest BCUT2D eigenvalue weighted by Gasteiger charge is 2.48. The highest BCUT2D eigenvalue weighted by molar-refractivity contribution is 5.58. The first-order valence-corrected chi connectivity index (χ1v) is 8.80. The van der Waals surface area contributed by atoms with E-state index in [1.54, 1.807) is 0 Å². The van der Waals surface area contributed by atoms with Crippen molar-refractivity contribution in [3.63, 3.8) is 0 Å². The molecular formula is C21H23N3O. The molecule has 1 unspecified atom stereocenters. The molecular weight excluding hydrogens is 310 g/mol. The number of aromatic amines is 1. The summed E-state index contributed by atoms with van der Waals surface area (Å²) in [5.74, 6) is 0. The van der Waals surface area contributed by atoms with E-state index < -0.39 is 6.10 Å². The summed E-state index contributed by atoms with van der Waals surface area (Å²) >= 11 is 0. The van der Waals surface area contributed by atoms with Gasteiger partial charge in [0.1, 0.15) is 0 Å². The predicted octanol–water partition coefficient (Wildman–Crippen LogP) is 3.68. The normalized spacial score (nSPS) is 16.5. The fourth-order valence-corrected chi connectivity index (χ4v) is 3.35. The smallest absolute Gasteiger partial charge is 0.0924 e. The molecule has 128 valence electrons. The Kier molecular flexibility index (Phi) is 4.38. The van der Waals surface area contributed by atoms with Crippen molar-refractivity contribution in [1.29, 1.82) is 0 Å². The minimum absolute atomic E-state index is 0.0242. The van der Waals surface area contributed by atoms with E-state index in [0.29, 0.717) is 0 Å². The second kappa shape index (κ2) is 6.82. The van der Waals surface area contributed by atoms with Crippen LogP contribution in [0.3, 0.4) is 0 Å². The lowest BCUT2D eigenvalue weighted by Gasteiger charge is -2.23. The van der Waals surface area contributed by atoms with Gasteiger partial charge in [0.2, 0.25) is 0 Å². The third-order valence-corrected chi connectivity index (χ3v) is 5.08. The molecule has 2 aromatic carbocycles. The van der Waals surface area contributed by atoms with E-state index in [9.17, 15) is 5.11 Å². The zero-order chi connectivity index (χ0) is 17.1. The van der Waals surface area contributed by atoms with Crippen LogP contribution < -0.4 is 5.32 Å². The molecule has 1 atom stereocenters. The molecule has 4 nitrogen and oxygen atoms in total. The fraction of sp³-hybridized carbons (Fsp3) is 0.286. The zero-order valence-corrected chi connectivity index (χ0v) is 14.2. The number of hydrogen-bond acceptors (Lipinski definition) is 3. The molecule has 0 amide bonds. The minimum atomic E-state index is -0.400. The Bertz CT molecular complexity index is 809. The Balaban J connectivity index is 1.34. The molecule has 3 aromatic rings. The van der Waals surface area contributed by atoms with Gasteiger partial charge in [-0.05, 0) is 24.5 Å². The number of hydrogen-bond donors (Lipinski definition) is 3. The van der Waals surface area contributed by atoms with Crippen LogP contribution in [0.4, 0.5) is 0 Å². The van der Waals surface area contributed by atoms with Crippen molar-refractivity contribution >= 4 is 0 Å². The monoisotopic (exact) mass is 333 g/mol. The van der Waals surface area contributed by atoms with Crippen molar-refractivity contribution in [3.05, 3.63) is 78.0 Å². The molecule has 1 aromatic heterocycles. The van der Waals surface area contributed by atoms with Crippen LogP contribution in [0.5, 0.6) is 0 Å². The van der Waals surface area contributed by atoms with Gasteiger partial charge >= 0.3 is 0 Å². The molecule has 25 heavy (non-hydrogen) atoms. The van der Waals surface area contributed by atoms with Crippen LogP contribution in [0.25, 0.3) is 11.3 Å². The lowest BCUT2D eigenvalue weighted by molar-refractivity contribution is 0.0917. The molecule has 4 heteroatoms. The molecule has 0 saturated heterocycles. The van der Waals surface area contributed by atoms with Crippen LogP contribution in [-0.4, -0.2) is 21.8 Å². The van der Waals surface area contributed by atoms with Gasteiger partial charge in [-0.1, -0.05) is 60.7 Å². The number of aromatic nitrogens is 2. The van der Waals surface area contributed by atoms with Crippen molar-refractivity contribution in [2.75, 3.05) is 6.54 Å². The van der Waals surface area contributed by atoms with Gasteiger partial charge in [-0.25, -0.2) is 0 Å². The molecule has 1 saturated carbocycles. The summed E-state index contributed by atoms with van der Waals surface area (Å²) < 4.78 is 0. The van der Waals surface area contributed by atoms with Crippen LogP contribution in [0.15, 0.2) is 66.7 Å². The van der Waals surface area contributed by atoms with Crippen molar-refractivity contribution in [3.8, 4) is 11.3 Å². The van der Waals surface area contributed by atoms with Gasteiger partial charge in [0.25, 0.3) is 0 Å². The molecule has 0 aliphatic heterocycles. The van der Waals surface area contributed by atoms with Crippen LogP contribution in [0, 0.1) is 5.41 Å². The number of aliphatic hydroxyl groups is 1. The first-order valence-electron chi connectivity index (χ1n) is 8.80. The van der Waals surface area contributed by atoms with E-state index in [2.05, 4.69) is 33.7 Å². The molecule has 1 aliphatic carbocycles. The predicted molar refractivity (Wildman–Crippen MR) is 98.8 cm³/mol. The van der Waals surface area contributed by atoms with Gasteiger partial charge in [0.05, 0.1) is 11.8 Å². The summed E-state index contributed by atoms with van der Waals surface area (Å²) in [5.41, 5.74) is 4.12. The van der Waals surface area contributed by atoms with Crippen molar-refractivity contribution in [2.24, 2.45) is 5.41 Å². The third kappa shape index (κ3) is 3.50. The fourth-order valence-electron chi connectivity index (χ4n) is 3.35. The van der Waals surface area contributed by atoms with E-state index in [4.69, 9.17) is 0 Å². The van der Waals surface area contributed by atoms with Gasteiger partial charge in [0.15, 0.2) is 0 Å². The van der Waals surface area contributed by atoms with Gasteiger partial charge in [-0.3, -0.25) is 5.10 Å². The summed E-state index contributed by atoms with van der Waals surface area (Å²) in [7, 11) is 0. The van der Waals surface area contributed by atoms with Crippen LogP contribution in [0.1, 0.15) is 30.2 Å². The highest BCUT2D eigenvalue weighted by Crippen LogP contribution is 2.54. The van der Waals surface area contributed by atoms with Gasteiger partial charge in [-0.2, -0.15) is 5.10 Å². The zero-order valence-electron chi connectivity index (χ0n) is 14.2. The molecule has 0 bridgehead atoms. The summed E-state index contributed by atoms with van der Waals surface area (Å²) in [6, 6.07) is 22.2. The Labute approximate surface area is 147 Å². The number of benzene rings is 2. The molecule has 4 rings (SSSR count). The van der Waals surface area contributed by atoms with E-state index in [1.165, 1.54) is 0 Å². The van der Waals surface area contributed by atoms with Gasteiger partial charge in [0, 0.05) is 29.8 Å². The molecule has 0 radical (unpaired) electrons. The molecule has 3 N–H and O–H groups in total. The second-order valence-electron chi connectivity index (χ2n) is 6.92. The third-order valence-electron chi connectivity index (χ3n) is 5.08. The van der Waals surface area contributed by atoms with E-state index >= 15 is 0 Å². The maximum Gasteiger partial charge on any atom is 0.0924 e. The molecule has 1 fully saturated rings. The quantitative estimate of drug-likeness (QED) is 0.618. The summed E-state index contributed by atoms with van der Waals surface area (Å²) in [5, 5.41) is 21.7. The lowest BCUT2D eigenvalue weighted by atomic mass is 9.92. The van der Waals surface area contributed by atoms with E-state index in [-0.39, 0.29) is 5.41 Å². The second-order valence-corrected chi connectivity index (χ2v) is 6.92. The topological polar surface area (TPSA) is 60.9 Å². The number of rotatable bonds is 7. The van der Waals surface area contributed by atoms with Crippen molar-refractivity contribution in [1.82, 2.24) is 15.5 Å². The molecule has 0 spiro atoms. The van der Waals surface area contributed by atoms with Gasteiger partial charge < -0.3 is 10.4 Å². The van der Waals surface area contributed by atoms with Gasteiger partial charge in [-0.15, -0.1) is 0 Å². The van der Waals surface area contributed by atoms with Crippen molar-refractivity contribution in [2.45, 2.75) is 25.5 Å². The van der Waals surface area contributed by atoms with E-state index in [1.807, 2.05) is 48.5 Å². The highest BCUT2D eigenvalue weighted by atomic mass is 16.3. The SMILES string of the molecule is OC(c1ccccc1)C1(CNCc2cc(-c3ccccc3)n[nH]2)CC1. The molecule has 1 aliphatic rings. The lowest BCUT2D eigenvalue weighted by Crippen LogP contribution is -2.28. The minimum Gasteiger partial charge on any atom is -0.388 e. The number of aliphatic hydroxyl groups excluding tert-OH is 1. The molecule has 1 heterocycles. The van der Waals surface area contributed by atoms with Crippen LogP contribution in [-0.2, 0) is 6.54 Å². The van der Waals surface area contributed by atoms with Crippen LogP contribution >= 0.6 is 0 Å². The van der Waals surface area contributed by atoms with E-state index in [0.717, 1.165) is 48.4 Å². The van der Waals surface area contributed by atoms with Crippen LogP contribution in [0.2, 0.25) is 0 Å². The summed E-state index contributed by atoms with van der Waals surface area (Å²) in [6.07, 6.45) is 1.73. The first kappa shape index (κ1) is 16.1. The Morgan fingerprint density at radius 1 is 1.04 bits per heavy atom. The summed E-state index contributed by atoms with van der Waals surface area (Å²) in [6.45, 7) is 1.53. The Morgan fingerprint density at radius 3 is 2.40 bits per heavy atom. The first-order chi connectivity index (χ1) is 12.3. The standard InChI is InChI=1S/C21H23N3O/c25-20(17-9-5-2-6-10-17)21(11-12-21)15-22-14-18-13-19(24-23-18)16-7-3-1-4-8-16/h1-10,13,20,22,25H,11-12,14-15H2,(H,23,24). The Hall–Kier alpha value is -2.43. The number of nitrogens with zero attached hydrogens (tertiary/aromatic N) is 1. The maximum atomic E-state index is 10.7. The van der Waals surface area contributed by atoms with Crippen molar-refractivity contribution < 1.29 is 5.11 Å². The number of nitrogens with one attached hydrogen (secondary N) is 2. The average molecular weight is 333 g/mol. The Morgan fingerprint density at radius 2 is 1.72 bits per heavy atom. The summed E-state index contributed by atoms with van der Waals surface area (Å²) in [4.78, 5) is 0. The maximum absolute atomic E-state index is 10.7. The number of H-pyrrole nitrogens is 1. The largest absolute Gasteiger partial charge is 0.388 e. The average Bonchev–Trinajstić information content (AvgIpc) is 3.31.